The predicted molar refractivity (Wildman–Crippen MR) is 127 cm³/mol. The number of amides is 3. The van der Waals surface area contributed by atoms with E-state index in [4.69, 9.17) is 4.74 Å². The number of anilines is 1. The highest BCUT2D eigenvalue weighted by atomic mass is 127. The number of nitrogens with one attached hydrogen (secondary N) is 1. The van der Waals surface area contributed by atoms with Gasteiger partial charge in [-0.15, -0.1) is 0 Å². The van der Waals surface area contributed by atoms with Crippen LogP contribution < -0.4 is 10.1 Å². The van der Waals surface area contributed by atoms with E-state index in [-0.39, 0.29) is 48.0 Å². The Hall–Kier alpha value is -3.01. The summed E-state index contributed by atoms with van der Waals surface area (Å²) in [6, 6.07) is 14.5. The van der Waals surface area contributed by atoms with E-state index in [0.29, 0.717) is 11.4 Å². The van der Waals surface area contributed by atoms with Crippen molar-refractivity contribution in [2.45, 2.75) is 6.42 Å². The number of nitrogens with zero attached hydrogens (tertiary/aromatic N) is 2. The Labute approximate surface area is 198 Å². The lowest BCUT2D eigenvalue weighted by molar-refractivity contribution is -0.140. The molecule has 1 aliphatic heterocycles. The van der Waals surface area contributed by atoms with Gasteiger partial charge < -0.3 is 10.1 Å². The number of carbonyl (C=O) groups excluding carboxylic acids is 3. The molecule has 2 aromatic carbocycles. The zero-order valence-corrected chi connectivity index (χ0v) is 19.1. The largest absolute Gasteiger partial charge is 0.483 e. The first kappa shape index (κ1) is 20.9. The molecular weight excluding hydrogens is 521 g/mol. The lowest BCUT2D eigenvalue weighted by Crippen LogP contribution is -2.28. The number of para-hydroxylation sites is 1. The van der Waals surface area contributed by atoms with Gasteiger partial charge in [0.15, 0.2) is 6.61 Å². The number of halogens is 1. The summed E-state index contributed by atoms with van der Waals surface area (Å²) in [5, 5.41) is 8.00. The average Bonchev–Trinajstić information content (AvgIpc) is 3.47. The normalized spacial score (nSPS) is 25.6. The third-order valence-corrected chi connectivity index (χ3v) is 6.98. The van der Waals surface area contributed by atoms with Gasteiger partial charge in [-0.1, -0.05) is 30.4 Å². The fraction of sp³-hybridized carbons (Fsp3) is 0.250. The first-order valence-corrected chi connectivity index (χ1v) is 11.5. The van der Waals surface area contributed by atoms with Gasteiger partial charge in [-0.2, -0.15) is 10.1 Å². The van der Waals surface area contributed by atoms with Crippen LogP contribution in [0.25, 0.3) is 0 Å². The van der Waals surface area contributed by atoms with Crippen LogP contribution >= 0.6 is 22.6 Å². The Balaban J connectivity index is 1.20. The first-order valence-electron chi connectivity index (χ1n) is 10.4. The molecule has 0 spiro atoms. The molecule has 0 radical (unpaired) electrons. The van der Waals surface area contributed by atoms with Crippen LogP contribution in [0.15, 0.2) is 65.8 Å². The fourth-order valence-corrected chi connectivity index (χ4v) is 5.40. The maximum absolute atomic E-state index is 12.7. The molecule has 2 fully saturated rings. The lowest BCUT2D eigenvalue weighted by Gasteiger charge is -2.13. The smallest absolute Gasteiger partial charge is 0.262 e. The highest BCUT2D eigenvalue weighted by molar-refractivity contribution is 14.1. The van der Waals surface area contributed by atoms with Gasteiger partial charge in [0.2, 0.25) is 0 Å². The second kappa shape index (κ2) is 8.50. The Morgan fingerprint density at radius 3 is 2.44 bits per heavy atom. The van der Waals surface area contributed by atoms with Gasteiger partial charge in [0.05, 0.1) is 21.6 Å². The lowest BCUT2D eigenvalue weighted by atomic mass is 9.85. The number of rotatable bonds is 6. The maximum Gasteiger partial charge on any atom is 0.262 e. The van der Waals surface area contributed by atoms with Gasteiger partial charge in [0.1, 0.15) is 5.75 Å². The Morgan fingerprint density at radius 1 is 1.09 bits per heavy atom. The third-order valence-electron chi connectivity index (χ3n) is 6.14. The Kier molecular flexibility index (Phi) is 5.54. The van der Waals surface area contributed by atoms with Crippen molar-refractivity contribution in [1.82, 2.24) is 5.01 Å². The molecule has 2 bridgehead atoms. The maximum atomic E-state index is 12.7. The minimum Gasteiger partial charge on any atom is -0.483 e. The SMILES string of the molecule is O=C(COc1ccc(C=NN2C(=O)[C@@H]3[C@H](C2=O)[C@H]2C=C[C@H]3C2)cc1I)Nc1ccccc1. The third kappa shape index (κ3) is 3.83. The molecule has 1 N–H and O–H groups in total. The quantitative estimate of drug-likeness (QED) is 0.263. The second-order valence-corrected chi connectivity index (χ2v) is 9.29. The highest BCUT2D eigenvalue weighted by Gasteiger charge is 2.59. The van der Waals surface area contributed by atoms with Crippen LogP contribution in [0.4, 0.5) is 5.69 Å². The van der Waals surface area contributed by atoms with Crippen LogP contribution in [0.1, 0.15) is 12.0 Å². The van der Waals surface area contributed by atoms with Crippen LogP contribution in [0.2, 0.25) is 0 Å². The molecular formula is C24H20IN3O4. The Bertz CT molecular complexity index is 1120. The number of hydrogen-bond donors (Lipinski definition) is 1. The van der Waals surface area contributed by atoms with E-state index in [1.807, 2.05) is 24.3 Å². The molecule has 3 amide bonds. The van der Waals surface area contributed by atoms with Gasteiger partial charge in [0.25, 0.3) is 17.7 Å². The zero-order chi connectivity index (χ0) is 22.2. The standard InChI is InChI=1S/C24H20IN3O4/c25-18-10-14(6-9-19(18)32-13-20(29)27-17-4-2-1-3-5-17)12-26-28-23(30)21-15-7-8-16(11-15)22(21)24(28)31/h1-10,12,15-16,21-22H,11,13H2,(H,27,29)/t15-,16-,21-,22+/m0/s1. The molecule has 2 aromatic rings. The average molecular weight is 541 g/mol. The number of benzene rings is 2. The molecule has 8 heteroatoms. The van der Waals surface area contributed by atoms with Crippen LogP contribution in [-0.2, 0) is 14.4 Å². The van der Waals surface area contributed by atoms with Crippen LogP contribution in [0.3, 0.4) is 0 Å². The minimum atomic E-state index is -0.257. The summed E-state index contributed by atoms with van der Waals surface area (Å²) in [7, 11) is 0. The number of ether oxygens (including phenoxy) is 1. The van der Waals surface area contributed by atoms with Crippen molar-refractivity contribution in [2.75, 3.05) is 11.9 Å². The van der Waals surface area contributed by atoms with Gasteiger partial charge in [-0.05, 0) is 76.7 Å². The summed E-state index contributed by atoms with van der Waals surface area (Å²) in [5.74, 6) is -0.273. The van der Waals surface area contributed by atoms with Crippen LogP contribution in [-0.4, -0.2) is 35.6 Å². The zero-order valence-electron chi connectivity index (χ0n) is 17.0. The summed E-state index contributed by atoms with van der Waals surface area (Å²) in [5.41, 5.74) is 1.44. The van der Waals surface area contributed by atoms with Crippen molar-refractivity contribution in [1.29, 1.82) is 0 Å². The molecule has 4 atom stereocenters. The number of hydrazone groups is 1. The monoisotopic (exact) mass is 541 g/mol. The summed E-state index contributed by atoms with van der Waals surface area (Å²) in [6.45, 7) is -0.117. The van der Waals surface area contributed by atoms with E-state index < -0.39 is 0 Å². The molecule has 32 heavy (non-hydrogen) atoms. The van der Waals surface area contributed by atoms with Gasteiger partial charge in [0, 0.05) is 5.69 Å². The second-order valence-electron chi connectivity index (χ2n) is 8.13. The molecule has 1 saturated heterocycles. The summed E-state index contributed by atoms with van der Waals surface area (Å²) >= 11 is 2.11. The topological polar surface area (TPSA) is 88.1 Å². The summed E-state index contributed by atoms with van der Waals surface area (Å²) < 4.78 is 6.42. The first-order chi connectivity index (χ1) is 15.5. The number of fused-ring (bicyclic) bond motifs is 5. The number of hydrogen-bond acceptors (Lipinski definition) is 5. The highest BCUT2D eigenvalue weighted by Crippen LogP contribution is 2.52. The van der Waals surface area contributed by atoms with Gasteiger partial charge in [-0.3, -0.25) is 14.4 Å². The molecule has 1 saturated carbocycles. The summed E-state index contributed by atoms with van der Waals surface area (Å²) in [4.78, 5) is 37.5. The number of allylic oxidation sites excluding steroid dienone is 2. The Morgan fingerprint density at radius 2 is 1.78 bits per heavy atom. The van der Waals surface area contributed by atoms with Crippen LogP contribution in [0, 0.1) is 27.2 Å². The predicted octanol–water partition coefficient (Wildman–Crippen LogP) is 3.45. The molecule has 0 unspecified atom stereocenters. The number of carbonyl (C=O) groups is 3. The van der Waals surface area contributed by atoms with Crippen LogP contribution in [0.5, 0.6) is 5.75 Å². The van der Waals surface area contributed by atoms with Crippen molar-refractivity contribution in [3.05, 3.63) is 69.8 Å². The van der Waals surface area contributed by atoms with Crippen molar-refractivity contribution < 1.29 is 19.1 Å². The van der Waals surface area contributed by atoms with Crippen molar-refractivity contribution in [2.24, 2.45) is 28.8 Å². The molecule has 2 aliphatic carbocycles. The molecule has 7 nitrogen and oxygen atoms in total. The molecule has 3 aliphatic rings. The van der Waals surface area contributed by atoms with E-state index in [9.17, 15) is 14.4 Å². The van der Waals surface area contributed by atoms with E-state index in [1.165, 1.54) is 6.21 Å². The molecule has 162 valence electrons. The fourth-order valence-electron chi connectivity index (χ4n) is 4.70. The van der Waals surface area contributed by atoms with E-state index >= 15 is 0 Å². The van der Waals surface area contributed by atoms with E-state index in [0.717, 1.165) is 20.6 Å². The van der Waals surface area contributed by atoms with Gasteiger partial charge in [-0.25, -0.2) is 0 Å². The molecule has 0 aromatic heterocycles. The van der Waals surface area contributed by atoms with Gasteiger partial charge >= 0.3 is 0 Å². The van der Waals surface area contributed by atoms with Crippen molar-refractivity contribution in [3.63, 3.8) is 0 Å². The van der Waals surface area contributed by atoms with E-state index in [2.05, 4.69) is 45.2 Å². The van der Waals surface area contributed by atoms with Crippen molar-refractivity contribution in [3.8, 4) is 5.75 Å². The molecule has 5 rings (SSSR count). The number of imide groups is 1. The minimum absolute atomic E-state index is 0.117. The van der Waals surface area contributed by atoms with E-state index in [1.54, 1.807) is 24.3 Å². The van der Waals surface area contributed by atoms with Crippen molar-refractivity contribution >= 4 is 52.2 Å². The molecule has 1 heterocycles. The summed E-state index contributed by atoms with van der Waals surface area (Å²) in [6.07, 6.45) is 6.53.